The maximum Gasteiger partial charge on any atom is 0.225 e. The molecule has 0 spiro atoms. The van der Waals surface area contributed by atoms with Crippen LogP contribution in [0.3, 0.4) is 0 Å². The molecule has 1 heterocycles. The standard InChI is InChI=1S/C21H20N2O2/c1-25-18-12-10-16(11-13-18)15-20(24)23-21(17-7-3-2-4-8-17)19-9-5-6-14-22-19/h2-14,21H,15H2,1H3,(H,23,24)/t21-/m0/s1. The summed E-state index contributed by atoms with van der Waals surface area (Å²) in [4.78, 5) is 17.0. The summed E-state index contributed by atoms with van der Waals surface area (Å²) in [6.07, 6.45) is 2.04. The second-order valence-electron chi connectivity index (χ2n) is 5.69. The highest BCUT2D eigenvalue weighted by molar-refractivity contribution is 5.79. The molecule has 3 aromatic rings. The molecule has 0 aliphatic carbocycles. The lowest BCUT2D eigenvalue weighted by Gasteiger charge is -2.19. The molecule has 1 amide bonds. The molecule has 4 nitrogen and oxygen atoms in total. The topological polar surface area (TPSA) is 51.2 Å². The van der Waals surface area contributed by atoms with Crippen molar-refractivity contribution in [2.24, 2.45) is 0 Å². The molecule has 1 aromatic heterocycles. The lowest BCUT2D eigenvalue weighted by Crippen LogP contribution is -2.31. The Kier molecular flexibility index (Phi) is 5.42. The average Bonchev–Trinajstić information content (AvgIpc) is 2.68. The van der Waals surface area contributed by atoms with Gasteiger partial charge in [-0.25, -0.2) is 0 Å². The summed E-state index contributed by atoms with van der Waals surface area (Å²) >= 11 is 0. The number of hydrogen-bond acceptors (Lipinski definition) is 3. The fourth-order valence-electron chi connectivity index (χ4n) is 2.66. The average molecular weight is 332 g/mol. The van der Waals surface area contributed by atoms with Gasteiger partial charge >= 0.3 is 0 Å². The molecule has 0 fully saturated rings. The molecule has 3 rings (SSSR count). The molecule has 0 saturated carbocycles. The van der Waals surface area contributed by atoms with Crippen molar-refractivity contribution in [1.29, 1.82) is 0 Å². The van der Waals surface area contributed by atoms with Crippen LogP contribution >= 0.6 is 0 Å². The first-order chi connectivity index (χ1) is 12.3. The van der Waals surface area contributed by atoms with Gasteiger partial charge in [0, 0.05) is 6.20 Å². The number of nitrogens with one attached hydrogen (secondary N) is 1. The quantitative estimate of drug-likeness (QED) is 0.751. The van der Waals surface area contributed by atoms with Crippen LogP contribution in [0.1, 0.15) is 22.9 Å². The van der Waals surface area contributed by atoms with E-state index < -0.39 is 0 Å². The molecule has 0 unspecified atom stereocenters. The maximum absolute atomic E-state index is 12.6. The van der Waals surface area contributed by atoms with Crippen molar-refractivity contribution in [3.05, 3.63) is 95.8 Å². The first-order valence-corrected chi connectivity index (χ1v) is 8.14. The first kappa shape index (κ1) is 16.7. The van der Waals surface area contributed by atoms with Gasteiger partial charge in [-0.15, -0.1) is 0 Å². The summed E-state index contributed by atoms with van der Waals surface area (Å²) < 4.78 is 5.15. The van der Waals surface area contributed by atoms with E-state index in [0.717, 1.165) is 22.6 Å². The predicted molar refractivity (Wildman–Crippen MR) is 97.4 cm³/mol. The summed E-state index contributed by atoms with van der Waals surface area (Å²) in [6.45, 7) is 0. The van der Waals surface area contributed by atoms with E-state index >= 15 is 0 Å². The van der Waals surface area contributed by atoms with Crippen molar-refractivity contribution in [3.8, 4) is 5.75 Å². The maximum atomic E-state index is 12.6. The number of aromatic nitrogens is 1. The number of methoxy groups -OCH3 is 1. The van der Waals surface area contributed by atoms with E-state index in [1.54, 1.807) is 13.3 Å². The van der Waals surface area contributed by atoms with Crippen LogP contribution in [0, 0.1) is 0 Å². The number of carbonyl (C=O) groups excluding carboxylic acids is 1. The molecule has 0 aliphatic rings. The van der Waals surface area contributed by atoms with Crippen LogP contribution < -0.4 is 10.1 Å². The third-order valence-electron chi connectivity index (χ3n) is 3.95. The fourth-order valence-corrected chi connectivity index (χ4v) is 2.66. The number of nitrogens with zero attached hydrogens (tertiary/aromatic N) is 1. The SMILES string of the molecule is COc1ccc(CC(=O)N[C@@H](c2ccccc2)c2ccccn2)cc1. The number of rotatable bonds is 6. The Labute approximate surface area is 147 Å². The highest BCUT2D eigenvalue weighted by Crippen LogP contribution is 2.20. The Bertz CT molecular complexity index is 763. The van der Waals surface area contributed by atoms with Crippen LogP contribution in [-0.4, -0.2) is 18.0 Å². The largest absolute Gasteiger partial charge is 0.497 e. The third kappa shape index (κ3) is 4.44. The monoisotopic (exact) mass is 332 g/mol. The Morgan fingerprint density at radius 1 is 1.00 bits per heavy atom. The summed E-state index contributed by atoms with van der Waals surface area (Å²) in [5, 5.41) is 3.09. The minimum atomic E-state index is -0.270. The Morgan fingerprint density at radius 2 is 1.72 bits per heavy atom. The molecule has 1 N–H and O–H groups in total. The fraction of sp³-hybridized carbons (Fsp3) is 0.143. The lowest BCUT2D eigenvalue weighted by atomic mass is 10.0. The zero-order valence-corrected chi connectivity index (χ0v) is 14.1. The van der Waals surface area contributed by atoms with Crippen LogP contribution in [0.15, 0.2) is 79.0 Å². The number of carbonyl (C=O) groups is 1. The molecular weight excluding hydrogens is 312 g/mol. The zero-order valence-electron chi connectivity index (χ0n) is 14.1. The zero-order chi connectivity index (χ0) is 17.5. The van der Waals surface area contributed by atoms with Crippen molar-refractivity contribution < 1.29 is 9.53 Å². The van der Waals surface area contributed by atoms with E-state index in [2.05, 4.69) is 10.3 Å². The van der Waals surface area contributed by atoms with Gasteiger partial charge in [0.25, 0.3) is 0 Å². The molecule has 4 heteroatoms. The minimum Gasteiger partial charge on any atom is -0.497 e. The van der Waals surface area contributed by atoms with E-state index in [9.17, 15) is 4.79 Å². The molecule has 0 bridgehead atoms. The molecule has 1 atom stereocenters. The number of pyridine rings is 1. The third-order valence-corrected chi connectivity index (χ3v) is 3.95. The van der Waals surface area contributed by atoms with Gasteiger partial charge in [-0.1, -0.05) is 48.5 Å². The minimum absolute atomic E-state index is 0.0512. The highest BCUT2D eigenvalue weighted by atomic mass is 16.5. The van der Waals surface area contributed by atoms with E-state index in [-0.39, 0.29) is 11.9 Å². The molecule has 126 valence electrons. The summed E-state index contributed by atoms with van der Waals surface area (Å²) in [5.74, 6) is 0.726. The van der Waals surface area contributed by atoms with Crippen molar-refractivity contribution in [2.45, 2.75) is 12.5 Å². The van der Waals surface area contributed by atoms with Gasteiger partial charge in [-0.05, 0) is 35.4 Å². The Hall–Kier alpha value is -3.14. The number of ether oxygens (including phenoxy) is 1. The molecule has 2 aromatic carbocycles. The predicted octanol–water partition coefficient (Wildman–Crippen LogP) is 3.54. The van der Waals surface area contributed by atoms with Crippen molar-refractivity contribution in [1.82, 2.24) is 10.3 Å². The van der Waals surface area contributed by atoms with Gasteiger partial charge in [0.1, 0.15) is 5.75 Å². The molecule has 0 aliphatic heterocycles. The Balaban J connectivity index is 1.76. The highest BCUT2D eigenvalue weighted by Gasteiger charge is 2.17. The van der Waals surface area contributed by atoms with Crippen molar-refractivity contribution >= 4 is 5.91 Å². The second kappa shape index (κ2) is 8.11. The summed E-state index contributed by atoms with van der Waals surface area (Å²) in [5.41, 5.74) is 2.76. The Morgan fingerprint density at radius 3 is 2.36 bits per heavy atom. The van der Waals surface area contributed by atoms with Crippen molar-refractivity contribution in [2.75, 3.05) is 7.11 Å². The molecule has 25 heavy (non-hydrogen) atoms. The summed E-state index contributed by atoms with van der Waals surface area (Å²) in [7, 11) is 1.62. The number of hydrogen-bond donors (Lipinski definition) is 1. The van der Waals surface area contributed by atoms with Crippen LogP contribution in [-0.2, 0) is 11.2 Å². The molecular formula is C21H20N2O2. The van der Waals surface area contributed by atoms with Gasteiger partial charge in [-0.3, -0.25) is 9.78 Å². The number of benzene rings is 2. The van der Waals surface area contributed by atoms with Crippen molar-refractivity contribution in [3.63, 3.8) is 0 Å². The molecule has 0 saturated heterocycles. The van der Waals surface area contributed by atoms with E-state index in [1.807, 2.05) is 72.8 Å². The van der Waals surface area contributed by atoms with Crippen LogP contribution in [0.25, 0.3) is 0 Å². The normalized spacial score (nSPS) is 11.6. The van der Waals surface area contributed by atoms with Crippen LogP contribution in [0.4, 0.5) is 0 Å². The van der Waals surface area contributed by atoms with Gasteiger partial charge in [-0.2, -0.15) is 0 Å². The lowest BCUT2D eigenvalue weighted by molar-refractivity contribution is -0.121. The molecule has 0 radical (unpaired) electrons. The van der Waals surface area contributed by atoms with Gasteiger partial charge in [0.2, 0.25) is 5.91 Å². The van der Waals surface area contributed by atoms with Gasteiger partial charge < -0.3 is 10.1 Å². The van der Waals surface area contributed by atoms with Gasteiger partial charge in [0.15, 0.2) is 0 Å². The second-order valence-corrected chi connectivity index (χ2v) is 5.69. The van der Waals surface area contributed by atoms with Crippen LogP contribution in [0.2, 0.25) is 0 Å². The van der Waals surface area contributed by atoms with E-state index in [4.69, 9.17) is 4.74 Å². The smallest absolute Gasteiger partial charge is 0.225 e. The van der Waals surface area contributed by atoms with E-state index in [1.165, 1.54) is 0 Å². The summed E-state index contributed by atoms with van der Waals surface area (Å²) in [6, 6.07) is 22.8. The number of amides is 1. The van der Waals surface area contributed by atoms with E-state index in [0.29, 0.717) is 6.42 Å². The van der Waals surface area contributed by atoms with Crippen LogP contribution in [0.5, 0.6) is 5.75 Å². The first-order valence-electron chi connectivity index (χ1n) is 8.14. The van der Waals surface area contributed by atoms with Gasteiger partial charge in [0.05, 0.1) is 25.3 Å².